The van der Waals surface area contributed by atoms with E-state index in [1.54, 1.807) is 0 Å². The third-order valence-electron chi connectivity index (χ3n) is 3.90. The number of hydrogen-bond donors (Lipinski definition) is 1. The monoisotopic (exact) mass is 240 g/mol. The van der Waals surface area contributed by atoms with Crippen LogP contribution in [0.15, 0.2) is 30.6 Å². The summed E-state index contributed by atoms with van der Waals surface area (Å²) in [5, 5.41) is 0. The van der Waals surface area contributed by atoms with Gasteiger partial charge in [0.05, 0.1) is 12.0 Å². The van der Waals surface area contributed by atoms with Crippen LogP contribution >= 0.6 is 0 Å². The molecule has 2 nitrogen and oxygen atoms in total. The van der Waals surface area contributed by atoms with Crippen LogP contribution in [0, 0.1) is 5.41 Å². The average Bonchev–Trinajstić information content (AvgIpc) is 2.68. The summed E-state index contributed by atoms with van der Waals surface area (Å²) in [6.07, 6.45) is 4.02. The summed E-state index contributed by atoms with van der Waals surface area (Å²) in [6, 6.07) is 8.83. The van der Waals surface area contributed by atoms with Crippen LogP contribution in [0.2, 0.25) is 0 Å². The fourth-order valence-electron chi connectivity index (χ4n) is 3.11. The van der Waals surface area contributed by atoms with Gasteiger partial charge in [-0.15, -0.1) is 0 Å². The van der Waals surface area contributed by atoms with E-state index in [1.165, 1.54) is 22.5 Å². The van der Waals surface area contributed by atoms with E-state index in [2.05, 4.69) is 55.0 Å². The summed E-state index contributed by atoms with van der Waals surface area (Å²) < 4.78 is 0. The molecule has 0 bridgehead atoms. The SMILES string of the molecule is CC(C)(C)C1c2ccccc2CCc2[nH]cnc21. The molecule has 1 atom stereocenters. The Morgan fingerprint density at radius 1 is 1.17 bits per heavy atom. The number of benzene rings is 1. The van der Waals surface area contributed by atoms with Gasteiger partial charge in [0.2, 0.25) is 0 Å². The number of aromatic amines is 1. The summed E-state index contributed by atoms with van der Waals surface area (Å²) in [5.41, 5.74) is 5.67. The molecule has 2 heteroatoms. The van der Waals surface area contributed by atoms with E-state index in [-0.39, 0.29) is 5.41 Å². The quantitative estimate of drug-likeness (QED) is 0.747. The highest BCUT2D eigenvalue weighted by atomic mass is 14.9. The molecule has 2 aromatic rings. The van der Waals surface area contributed by atoms with Crippen LogP contribution in [-0.2, 0) is 12.8 Å². The van der Waals surface area contributed by atoms with E-state index in [1.807, 2.05) is 6.33 Å². The third kappa shape index (κ3) is 1.76. The van der Waals surface area contributed by atoms with Gasteiger partial charge in [-0.3, -0.25) is 0 Å². The molecule has 0 saturated carbocycles. The van der Waals surface area contributed by atoms with Gasteiger partial charge in [-0.05, 0) is 29.4 Å². The summed E-state index contributed by atoms with van der Waals surface area (Å²) >= 11 is 0. The van der Waals surface area contributed by atoms with Crippen molar-refractivity contribution in [3.8, 4) is 0 Å². The van der Waals surface area contributed by atoms with Crippen LogP contribution in [0.1, 0.15) is 49.2 Å². The lowest BCUT2D eigenvalue weighted by Gasteiger charge is -2.31. The number of aryl methyl sites for hydroxylation is 2. The largest absolute Gasteiger partial charge is 0.348 e. The van der Waals surface area contributed by atoms with Crippen molar-refractivity contribution in [2.24, 2.45) is 5.41 Å². The smallest absolute Gasteiger partial charge is 0.0925 e. The molecule has 0 spiro atoms. The molecule has 0 saturated heterocycles. The number of hydrogen-bond acceptors (Lipinski definition) is 1. The van der Waals surface area contributed by atoms with Gasteiger partial charge in [-0.25, -0.2) is 4.98 Å². The number of aromatic nitrogens is 2. The van der Waals surface area contributed by atoms with Crippen LogP contribution < -0.4 is 0 Å². The van der Waals surface area contributed by atoms with Gasteiger partial charge in [0.25, 0.3) is 0 Å². The van der Waals surface area contributed by atoms with Crippen molar-refractivity contribution in [2.75, 3.05) is 0 Å². The van der Waals surface area contributed by atoms with Crippen molar-refractivity contribution in [3.63, 3.8) is 0 Å². The van der Waals surface area contributed by atoms with E-state index in [4.69, 9.17) is 0 Å². The van der Waals surface area contributed by atoms with Crippen LogP contribution in [0.5, 0.6) is 0 Å². The van der Waals surface area contributed by atoms with Gasteiger partial charge < -0.3 is 4.98 Å². The van der Waals surface area contributed by atoms with Gasteiger partial charge in [-0.2, -0.15) is 0 Å². The van der Waals surface area contributed by atoms with Crippen molar-refractivity contribution in [1.29, 1.82) is 0 Å². The maximum absolute atomic E-state index is 4.61. The lowest BCUT2D eigenvalue weighted by atomic mass is 9.73. The van der Waals surface area contributed by atoms with Crippen molar-refractivity contribution in [3.05, 3.63) is 53.1 Å². The van der Waals surface area contributed by atoms with E-state index >= 15 is 0 Å². The standard InChI is InChI=1S/C16H20N2/c1-16(2,3)14-12-7-5-4-6-11(12)8-9-13-15(14)18-10-17-13/h4-7,10,14H,8-9H2,1-3H3,(H,17,18). The predicted molar refractivity (Wildman–Crippen MR) is 73.7 cm³/mol. The molecule has 1 aliphatic rings. The van der Waals surface area contributed by atoms with Crippen molar-refractivity contribution in [1.82, 2.24) is 9.97 Å². The van der Waals surface area contributed by atoms with Gasteiger partial charge >= 0.3 is 0 Å². The van der Waals surface area contributed by atoms with Gasteiger partial charge in [0.1, 0.15) is 0 Å². The van der Waals surface area contributed by atoms with Crippen LogP contribution in [-0.4, -0.2) is 9.97 Å². The first-order chi connectivity index (χ1) is 8.57. The Morgan fingerprint density at radius 2 is 1.94 bits per heavy atom. The minimum atomic E-state index is 0.185. The second-order valence-electron chi connectivity index (χ2n) is 6.26. The topological polar surface area (TPSA) is 28.7 Å². The number of nitrogens with zero attached hydrogens (tertiary/aromatic N) is 1. The van der Waals surface area contributed by atoms with Crippen LogP contribution in [0.25, 0.3) is 0 Å². The van der Waals surface area contributed by atoms with Crippen molar-refractivity contribution < 1.29 is 0 Å². The summed E-state index contributed by atoms with van der Waals surface area (Å²) in [5.74, 6) is 0.387. The molecule has 0 radical (unpaired) electrons. The van der Waals surface area contributed by atoms with Crippen molar-refractivity contribution in [2.45, 2.75) is 39.5 Å². The Bertz CT molecular complexity index is 560. The summed E-state index contributed by atoms with van der Waals surface area (Å²) in [4.78, 5) is 7.93. The Kier molecular flexibility index (Phi) is 2.54. The molecule has 0 aliphatic heterocycles. The maximum Gasteiger partial charge on any atom is 0.0925 e. The second kappa shape index (κ2) is 3.98. The van der Waals surface area contributed by atoms with E-state index in [0.717, 1.165) is 12.8 Å². The number of fused-ring (bicyclic) bond motifs is 2. The fourth-order valence-corrected chi connectivity index (χ4v) is 3.11. The Morgan fingerprint density at radius 3 is 2.72 bits per heavy atom. The molecule has 0 fully saturated rings. The molecule has 1 heterocycles. The zero-order valence-electron chi connectivity index (χ0n) is 11.3. The average molecular weight is 240 g/mol. The summed E-state index contributed by atoms with van der Waals surface area (Å²) in [7, 11) is 0. The normalized spacial score (nSPS) is 18.9. The molecule has 1 aromatic heterocycles. The Balaban J connectivity index is 2.23. The van der Waals surface area contributed by atoms with E-state index < -0.39 is 0 Å². The lowest BCUT2D eigenvalue weighted by molar-refractivity contribution is 0.353. The minimum absolute atomic E-state index is 0.185. The maximum atomic E-state index is 4.61. The molecule has 3 rings (SSSR count). The highest BCUT2D eigenvalue weighted by molar-refractivity contribution is 5.41. The first kappa shape index (κ1) is 11.5. The van der Waals surface area contributed by atoms with Gasteiger partial charge in [0, 0.05) is 11.6 Å². The molecule has 0 amide bonds. The number of nitrogens with one attached hydrogen (secondary N) is 1. The third-order valence-corrected chi connectivity index (χ3v) is 3.90. The number of rotatable bonds is 0. The molecular weight excluding hydrogens is 220 g/mol. The highest BCUT2D eigenvalue weighted by Gasteiger charge is 2.34. The van der Waals surface area contributed by atoms with E-state index in [9.17, 15) is 0 Å². The number of imidazole rings is 1. The van der Waals surface area contributed by atoms with Gasteiger partial charge in [0.15, 0.2) is 0 Å². The van der Waals surface area contributed by atoms with Crippen LogP contribution in [0.3, 0.4) is 0 Å². The lowest BCUT2D eigenvalue weighted by Crippen LogP contribution is -2.21. The molecular formula is C16H20N2. The molecule has 1 N–H and O–H groups in total. The molecule has 1 aromatic carbocycles. The second-order valence-corrected chi connectivity index (χ2v) is 6.26. The minimum Gasteiger partial charge on any atom is -0.348 e. The zero-order chi connectivity index (χ0) is 12.8. The molecule has 1 aliphatic carbocycles. The summed E-state index contributed by atoms with van der Waals surface area (Å²) in [6.45, 7) is 6.91. The molecule has 1 unspecified atom stereocenters. The molecule has 18 heavy (non-hydrogen) atoms. The first-order valence-corrected chi connectivity index (χ1v) is 6.67. The van der Waals surface area contributed by atoms with Crippen LogP contribution in [0.4, 0.5) is 0 Å². The Labute approximate surface area is 108 Å². The van der Waals surface area contributed by atoms with Crippen molar-refractivity contribution >= 4 is 0 Å². The molecule has 94 valence electrons. The predicted octanol–water partition coefficient (Wildman–Crippen LogP) is 3.69. The highest BCUT2D eigenvalue weighted by Crippen LogP contribution is 2.43. The number of H-pyrrole nitrogens is 1. The first-order valence-electron chi connectivity index (χ1n) is 6.67. The fraction of sp³-hybridized carbons (Fsp3) is 0.438. The zero-order valence-corrected chi connectivity index (χ0v) is 11.3. The Hall–Kier alpha value is -1.57. The van der Waals surface area contributed by atoms with Gasteiger partial charge in [-0.1, -0.05) is 45.0 Å². The van der Waals surface area contributed by atoms with E-state index in [0.29, 0.717) is 5.92 Å².